The average molecular weight is 325 g/mol. The molecule has 0 N–H and O–H groups in total. The monoisotopic (exact) mass is 325 g/mol. The molecule has 0 aliphatic carbocycles. The van der Waals surface area contributed by atoms with E-state index in [2.05, 4.69) is 0 Å². The van der Waals surface area contributed by atoms with Gasteiger partial charge in [-0.1, -0.05) is 0 Å². The predicted octanol–water partition coefficient (Wildman–Crippen LogP) is -1.16. The lowest BCUT2D eigenvalue weighted by molar-refractivity contribution is -0.120. The Bertz CT molecular complexity index is 555. The van der Waals surface area contributed by atoms with Crippen LogP contribution >= 0.6 is 0 Å². The summed E-state index contributed by atoms with van der Waals surface area (Å²) in [5, 5.41) is 0. The Morgan fingerprint density at radius 2 is 1.70 bits per heavy atom. The molecular formula is C11H19NO6S2. The molecule has 2 atom stereocenters. The zero-order valence-electron chi connectivity index (χ0n) is 11.1. The molecule has 2 aliphatic heterocycles. The number of sulfone groups is 2. The molecule has 2 saturated heterocycles. The van der Waals surface area contributed by atoms with E-state index >= 15 is 0 Å². The molecule has 2 heterocycles. The highest BCUT2D eigenvalue weighted by atomic mass is 32.2. The summed E-state index contributed by atoms with van der Waals surface area (Å²) < 4.78 is 50.7. The molecule has 116 valence electrons. The fourth-order valence-electron chi connectivity index (χ4n) is 2.58. The molecule has 20 heavy (non-hydrogen) atoms. The van der Waals surface area contributed by atoms with E-state index in [9.17, 15) is 21.6 Å². The maximum absolute atomic E-state index is 11.4. The smallest absolute Gasteiger partial charge is 0.210 e. The van der Waals surface area contributed by atoms with Crippen LogP contribution in [0, 0.1) is 0 Å². The Morgan fingerprint density at radius 3 is 2.20 bits per heavy atom. The van der Waals surface area contributed by atoms with Gasteiger partial charge < -0.3 is 9.64 Å². The van der Waals surface area contributed by atoms with E-state index in [-0.39, 0.29) is 41.8 Å². The van der Waals surface area contributed by atoms with Crippen LogP contribution in [0.15, 0.2) is 0 Å². The van der Waals surface area contributed by atoms with Crippen LogP contribution in [0.4, 0.5) is 0 Å². The number of carbonyl (C=O) groups is 1. The number of hydrogen-bond acceptors (Lipinski definition) is 6. The van der Waals surface area contributed by atoms with Crippen molar-refractivity contribution in [3.63, 3.8) is 0 Å². The van der Waals surface area contributed by atoms with Crippen molar-refractivity contribution in [3.05, 3.63) is 0 Å². The van der Waals surface area contributed by atoms with Gasteiger partial charge in [0.25, 0.3) is 0 Å². The summed E-state index contributed by atoms with van der Waals surface area (Å²) in [5.41, 5.74) is 0. The van der Waals surface area contributed by atoms with Gasteiger partial charge in [-0.2, -0.15) is 0 Å². The molecule has 7 nitrogen and oxygen atoms in total. The van der Waals surface area contributed by atoms with Gasteiger partial charge in [0.1, 0.15) is 0 Å². The summed E-state index contributed by atoms with van der Waals surface area (Å²) in [6.07, 6.45) is 1.28. The molecule has 0 saturated carbocycles. The zero-order chi connectivity index (χ0) is 14.8. The Morgan fingerprint density at radius 1 is 1.05 bits per heavy atom. The van der Waals surface area contributed by atoms with Crippen LogP contribution in [-0.2, 0) is 29.2 Å². The second-order valence-corrected chi connectivity index (χ2v) is 9.75. The fourth-order valence-corrected chi connectivity index (χ4v) is 5.94. The van der Waals surface area contributed by atoms with Crippen LogP contribution in [-0.4, -0.2) is 76.5 Å². The van der Waals surface area contributed by atoms with Gasteiger partial charge in [-0.25, -0.2) is 16.8 Å². The van der Waals surface area contributed by atoms with Crippen LogP contribution in [0.2, 0.25) is 0 Å². The van der Waals surface area contributed by atoms with E-state index in [1.165, 1.54) is 4.90 Å². The third-order valence-electron chi connectivity index (χ3n) is 3.71. The molecular weight excluding hydrogens is 306 g/mol. The summed E-state index contributed by atoms with van der Waals surface area (Å²) in [7, 11) is -6.00. The molecule has 0 aromatic carbocycles. The van der Waals surface area contributed by atoms with Crippen molar-refractivity contribution in [2.75, 3.05) is 36.2 Å². The maximum Gasteiger partial charge on any atom is 0.210 e. The molecule has 0 spiro atoms. The van der Waals surface area contributed by atoms with Crippen LogP contribution < -0.4 is 0 Å². The van der Waals surface area contributed by atoms with Crippen molar-refractivity contribution < 1.29 is 26.4 Å². The summed E-state index contributed by atoms with van der Waals surface area (Å²) in [6.45, 7) is 0.524. The van der Waals surface area contributed by atoms with E-state index in [0.29, 0.717) is 25.8 Å². The lowest BCUT2D eigenvalue weighted by Crippen LogP contribution is -2.38. The van der Waals surface area contributed by atoms with Crippen LogP contribution in [0.5, 0.6) is 0 Å². The number of ether oxygens (including phenoxy) is 1. The molecule has 2 aliphatic rings. The minimum Gasteiger partial charge on any atom is -0.375 e. The second-order valence-electron chi connectivity index (χ2n) is 5.30. The summed E-state index contributed by atoms with van der Waals surface area (Å²) in [6, 6.07) is -0.284. The maximum atomic E-state index is 11.4. The summed E-state index contributed by atoms with van der Waals surface area (Å²) >= 11 is 0. The normalized spacial score (nSPS) is 31.2. The van der Waals surface area contributed by atoms with Gasteiger partial charge >= 0.3 is 0 Å². The molecule has 1 amide bonds. The lowest BCUT2D eigenvalue weighted by atomic mass is 10.2. The number of rotatable bonds is 6. The SMILES string of the molecule is O=CN(CCOC1CCS(=O)(=O)C1)C1CCS(=O)(=O)C1. The minimum absolute atomic E-state index is 0.00352. The van der Waals surface area contributed by atoms with Crippen LogP contribution in [0.3, 0.4) is 0 Å². The van der Waals surface area contributed by atoms with Crippen molar-refractivity contribution in [1.29, 1.82) is 0 Å². The topological polar surface area (TPSA) is 97.8 Å². The van der Waals surface area contributed by atoms with Gasteiger partial charge in [-0.15, -0.1) is 0 Å². The lowest BCUT2D eigenvalue weighted by Gasteiger charge is -2.24. The molecule has 2 unspecified atom stereocenters. The van der Waals surface area contributed by atoms with Gasteiger partial charge in [0.2, 0.25) is 6.41 Å². The van der Waals surface area contributed by atoms with Gasteiger partial charge in [0.05, 0.1) is 35.7 Å². The third kappa shape index (κ3) is 4.16. The fraction of sp³-hybridized carbons (Fsp3) is 0.909. The van der Waals surface area contributed by atoms with Crippen molar-refractivity contribution in [1.82, 2.24) is 4.90 Å². The van der Waals surface area contributed by atoms with Crippen molar-refractivity contribution in [2.45, 2.75) is 25.0 Å². The molecule has 0 radical (unpaired) electrons. The highest BCUT2D eigenvalue weighted by Crippen LogP contribution is 2.17. The summed E-state index contributed by atoms with van der Waals surface area (Å²) in [5.74, 6) is 0.301. The number of nitrogens with zero attached hydrogens (tertiary/aromatic N) is 1. The predicted molar refractivity (Wildman–Crippen MR) is 72.8 cm³/mol. The van der Waals surface area contributed by atoms with Crippen molar-refractivity contribution in [2.24, 2.45) is 0 Å². The highest BCUT2D eigenvalue weighted by Gasteiger charge is 2.32. The van der Waals surface area contributed by atoms with E-state index in [4.69, 9.17) is 4.74 Å². The highest BCUT2D eigenvalue weighted by molar-refractivity contribution is 7.91. The first kappa shape index (κ1) is 15.7. The van der Waals surface area contributed by atoms with Crippen LogP contribution in [0.1, 0.15) is 12.8 Å². The number of amides is 1. The van der Waals surface area contributed by atoms with Crippen molar-refractivity contribution >= 4 is 26.1 Å². The Hall–Kier alpha value is -0.670. The number of carbonyl (C=O) groups excluding carboxylic acids is 1. The number of hydrogen-bond donors (Lipinski definition) is 0. The minimum atomic E-state index is -3.03. The van der Waals surface area contributed by atoms with Gasteiger partial charge in [-0.3, -0.25) is 4.79 Å². The van der Waals surface area contributed by atoms with E-state index in [1.54, 1.807) is 0 Å². The van der Waals surface area contributed by atoms with E-state index in [1.807, 2.05) is 0 Å². The Kier molecular flexibility index (Phi) is 4.70. The quantitative estimate of drug-likeness (QED) is 0.571. The molecule has 0 aromatic heterocycles. The first-order valence-electron chi connectivity index (χ1n) is 6.55. The molecule has 9 heteroatoms. The second kappa shape index (κ2) is 5.98. The molecule has 0 aromatic rings. The van der Waals surface area contributed by atoms with Crippen LogP contribution in [0.25, 0.3) is 0 Å². The van der Waals surface area contributed by atoms with E-state index < -0.39 is 19.7 Å². The molecule has 0 bridgehead atoms. The average Bonchev–Trinajstić information content (AvgIpc) is 2.87. The van der Waals surface area contributed by atoms with Gasteiger partial charge in [-0.05, 0) is 12.8 Å². The Labute approximate surface area is 119 Å². The van der Waals surface area contributed by atoms with Gasteiger partial charge in [0.15, 0.2) is 19.7 Å². The van der Waals surface area contributed by atoms with Crippen molar-refractivity contribution in [3.8, 4) is 0 Å². The first-order valence-corrected chi connectivity index (χ1v) is 10.2. The largest absolute Gasteiger partial charge is 0.375 e. The standard InChI is InChI=1S/C11H19NO6S2/c13-9-12(10-1-5-19(14,15)7-10)3-4-18-11-2-6-20(16,17)8-11/h9-11H,1-8H2. The third-order valence-corrected chi connectivity index (χ3v) is 7.19. The summed E-state index contributed by atoms with van der Waals surface area (Å²) in [4.78, 5) is 12.5. The first-order chi connectivity index (χ1) is 9.31. The zero-order valence-corrected chi connectivity index (χ0v) is 12.7. The molecule has 2 rings (SSSR count). The van der Waals surface area contributed by atoms with Gasteiger partial charge in [0, 0.05) is 12.6 Å². The molecule has 2 fully saturated rings. The van der Waals surface area contributed by atoms with E-state index in [0.717, 1.165) is 0 Å². The Balaban J connectivity index is 1.76.